The highest BCUT2D eigenvalue weighted by atomic mass is 15.3. The highest BCUT2D eigenvalue weighted by Crippen LogP contribution is 2.21. The number of aromatic nitrogens is 2. The lowest BCUT2D eigenvalue weighted by molar-refractivity contribution is 0.172. The van der Waals surface area contributed by atoms with E-state index in [0.717, 1.165) is 19.6 Å². The van der Waals surface area contributed by atoms with Gasteiger partial charge in [0.05, 0.1) is 6.54 Å². The Kier molecular flexibility index (Phi) is 2.83. The summed E-state index contributed by atoms with van der Waals surface area (Å²) in [6.07, 6.45) is 2.05. The standard InChI is InChI=1S/C12H21N3/c1-9(2)11-7-13-12-8-14(10(3)4)5-6-15(11)12/h7,9-10H,5-6,8H2,1-4H3. The average molecular weight is 207 g/mol. The van der Waals surface area contributed by atoms with Crippen LogP contribution >= 0.6 is 0 Å². The Hall–Kier alpha value is -0.830. The summed E-state index contributed by atoms with van der Waals surface area (Å²) in [7, 11) is 0. The molecule has 0 spiro atoms. The normalized spacial score (nSPS) is 17.5. The van der Waals surface area contributed by atoms with E-state index < -0.39 is 0 Å². The van der Waals surface area contributed by atoms with Crippen LogP contribution < -0.4 is 0 Å². The third-order valence-corrected chi connectivity index (χ3v) is 3.25. The summed E-state index contributed by atoms with van der Waals surface area (Å²) in [5.41, 5.74) is 1.38. The van der Waals surface area contributed by atoms with E-state index >= 15 is 0 Å². The highest BCUT2D eigenvalue weighted by molar-refractivity contribution is 5.11. The third kappa shape index (κ3) is 1.93. The number of nitrogens with zero attached hydrogens (tertiary/aromatic N) is 3. The smallest absolute Gasteiger partial charge is 0.123 e. The molecule has 15 heavy (non-hydrogen) atoms. The van der Waals surface area contributed by atoms with Crippen molar-refractivity contribution >= 4 is 0 Å². The lowest BCUT2D eigenvalue weighted by Gasteiger charge is -2.31. The van der Waals surface area contributed by atoms with Gasteiger partial charge >= 0.3 is 0 Å². The summed E-state index contributed by atoms with van der Waals surface area (Å²) in [5, 5.41) is 0. The van der Waals surface area contributed by atoms with Crippen molar-refractivity contribution < 1.29 is 0 Å². The first-order valence-electron chi connectivity index (χ1n) is 5.88. The van der Waals surface area contributed by atoms with Gasteiger partial charge in [-0.2, -0.15) is 0 Å². The monoisotopic (exact) mass is 207 g/mol. The van der Waals surface area contributed by atoms with E-state index in [1.807, 2.05) is 6.20 Å². The quantitative estimate of drug-likeness (QED) is 0.741. The van der Waals surface area contributed by atoms with E-state index in [1.165, 1.54) is 11.5 Å². The van der Waals surface area contributed by atoms with E-state index in [1.54, 1.807) is 0 Å². The Labute approximate surface area is 92.1 Å². The van der Waals surface area contributed by atoms with E-state index in [-0.39, 0.29) is 0 Å². The van der Waals surface area contributed by atoms with Gasteiger partial charge in [-0.05, 0) is 19.8 Å². The van der Waals surface area contributed by atoms with Gasteiger partial charge in [0.1, 0.15) is 5.82 Å². The van der Waals surface area contributed by atoms with Gasteiger partial charge in [0, 0.05) is 31.0 Å². The summed E-state index contributed by atoms with van der Waals surface area (Å²) in [5.74, 6) is 1.82. The van der Waals surface area contributed by atoms with Gasteiger partial charge in [-0.25, -0.2) is 4.98 Å². The Morgan fingerprint density at radius 3 is 2.53 bits per heavy atom. The molecule has 0 aliphatic carbocycles. The van der Waals surface area contributed by atoms with E-state index in [9.17, 15) is 0 Å². The Morgan fingerprint density at radius 2 is 1.93 bits per heavy atom. The lowest BCUT2D eigenvalue weighted by atomic mass is 10.1. The SMILES string of the molecule is CC(C)c1cnc2n1CCN(C(C)C)C2. The fourth-order valence-corrected chi connectivity index (χ4v) is 2.20. The molecule has 0 fully saturated rings. The molecule has 0 bridgehead atoms. The summed E-state index contributed by atoms with van der Waals surface area (Å²) >= 11 is 0. The van der Waals surface area contributed by atoms with E-state index in [0.29, 0.717) is 12.0 Å². The van der Waals surface area contributed by atoms with Crippen molar-refractivity contribution in [2.45, 2.75) is 52.7 Å². The maximum absolute atomic E-state index is 4.53. The van der Waals surface area contributed by atoms with Gasteiger partial charge in [0.2, 0.25) is 0 Å². The molecule has 0 aromatic carbocycles. The number of rotatable bonds is 2. The number of fused-ring (bicyclic) bond motifs is 1. The second-order valence-electron chi connectivity index (χ2n) is 4.97. The zero-order valence-corrected chi connectivity index (χ0v) is 10.2. The van der Waals surface area contributed by atoms with Crippen molar-refractivity contribution in [3.05, 3.63) is 17.7 Å². The molecular formula is C12H21N3. The predicted octanol–water partition coefficient (Wildman–Crippen LogP) is 2.23. The fraction of sp³-hybridized carbons (Fsp3) is 0.750. The van der Waals surface area contributed by atoms with Crippen LogP contribution in [0.4, 0.5) is 0 Å². The molecule has 3 nitrogen and oxygen atoms in total. The first kappa shape index (κ1) is 10.7. The molecular weight excluding hydrogens is 186 g/mol. The minimum atomic E-state index is 0.580. The molecule has 0 saturated heterocycles. The van der Waals surface area contributed by atoms with Gasteiger partial charge < -0.3 is 4.57 Å². The Morgan fingerprint density at radius 1 is 1.20 bits per heavy atom. The first-order valence-corrected chi connectivity index (χ1v) is 5.88. The second-order valence-corrected chi connectivity index (χ2v) is 4.97. The van der Waals surface area contributed by atoms with Crippen LogP contribution in [0.1, 0.15) is 45.1 Å². The van der Waals surface area contributed by atoms with Crippen LogP contribution in [0.5, 0.6) is 0 Å². The topological polar surface area (TPSA) is 21.1 Å². The zero-order valence-electron chi connectivity index (χ0n) is 10.2. The fourth-order valence-electron chi connectivity index (χ4n) is 2.20. The van der Waals surface area contributed by atoms with Crippen LogP contribution in [0.15, 0.2) is 6.20 Å². The van der Waals surface area contributed by atoms with Crippen LogP contribution in [0.25, 0.3) is 0 Å². The minimum Gasteiger partial charge on any atom is -0.329 e. The molecule has 1 aromatic rings. The van der Waals surface area contributed by atoms with Crippen LogP contribution in [0, 0.1) is 0 Å². The maximum Gasteiger partial charge on any atom is 0.123 e. The Bertz CT molecular complexity index is 339. The van der Waals surface area contributed by atoms with Crippen molar-refractivity contribution in [2.24, 2.45) is 0 Å². The van der Waals surface area contributed by atoms with Gasteiger partial charge in [-0.1, -0.05) is 13.8 Å². The summed E-state index contributed by atoms with van der Waals surface area (Å²) < 4.78 is 2.39. The number of hydrogen-bond acceptors (Lipinski definition) is 2. The summed E-state index contributed by atoms with van der Waals surface area (Å²) in [4.78, 5) is 7.01. The molecule has 0 atom stereocenters. The van der Waals surface area contributed by atoms with Crippen LogP contribution in [0.2, 0.25) is 0 Å². The second kappa shape index (κ2) is 3.97. The molecule has 0 saturated carbocycles. The molecule has 2 heterocycles. The van der Waals surface area contributed by atoms with Crippen molar-refractivity contribution in [3.8, 4) is 0 Å². The molecule has 0 amide bonds. The van der Waals surface area contributed by atoms with Crippen molar-refractivity contribution in [1.82, 2.24) is 14.5 Å². The van der Waals surface area contributed by atoms with Crippen LogP contribution in [0.3, 0.4) is 0 Å². The van der Waals surface area contributed by atoms with Gasteiger partial charge in [0.15, 0.2) is 0 Å². The lowest BCUT2D eigenvalue weighted by Crippen LogP contribution is -2.38. The highest BCUT2D eigenvalue weighted by Gasteiger charge is 2.21. The number of imidazole rings is 1. The molecule has 84 valence electrons. The molecule has 0 radical (unpaired) electrons. The van der Waals surface area contributed by atoms with Gasteiger partial charge in [-0.15, -0.1) is 0 Å². The third-order valence-electron chi connectivity index (χ3n) is 3.25. The summed E-state index contributed by atoms with van der Waals surface area (Å²) in [6.45, 7) is 12.2. The first-order chi connectivity index (χ1) is 7.09. The van der Waals surface area contributed by atoms with Crippen LogP contribution in [-0.2, 0) is 13.1 Å². The average Bonchev–Trinajstić information content (AvgIpc) is 2.59. The van der Waals surface area contributed by atoms with Crippen LogP contribution in [-0.4, -0.2) is 27.0 Å². The van der Waals surface area contributed by atoms with Crippen molar-refractivity contribution in [2.75, 3.05) is 6.54 Å². The molecule has 3 heteroatoms. The molecule has 0 N–H and O–H groups in total. The molecule has 0 unspecified atom stereocenters. The van der Waals surface area contributed by atoms with Gasteiger partial charge in [0.25, 0.3) is 0 Å². The Balaban J connectivity index is 2.22. The van der Waals surface area contributed by atoms with E-state index in [2.05, 4.69) is 42.1 Å². The minimum absolute atomic E-state index is 0.580. The molecule has 1 aliphatic rings. The predicted molar refractivity (Wildman–Crippen MR) is 61.9 cm³/mol. The van der Waals surface area contributed by atoms with Crippen molar-refractivity contribution in [3.63, 3.8) is 0 Å². The van der Waals surface area contributed by atoms with Gasteiger partial charge in [-0.3, -0.25) is 4.90 Å². The largest absolute Gasteiger partial charge is 0.329 e. The van der Waals surface area contributed by atoms with Crippen molar-refractivity contribution in [1.29, 1.82) is 0 Å². The maximum atomic E-state index is 4.53. The molecule has 2 rings (SSSR count). The summed E-state index contributed by atoms with van der Waals surface area (Å²) in [6, 6.07) is 0.623. The number of hydrogen-bond donors (Lipinski definition) is 0. The molecule has 1 aromatic heterocycles. The molecule has 1 aliphatic heterocycles. The zero-order chi connectivity index (χ0) is 11.0. The van der Waals surface area contributed by atoms with E-state index in [4.69, 9.17) is 0 Å².